The van der Waals surface area contributed by atoms with Crippen molar-refractivity contribution in [1.29, 1.82) is 0 Å². The van der Waals surface area contributed by atoms with Gasteiger partial charge in [-0.3, -0.25) is 0 Å². The molecule has 3 atom stereocenters. The van der Waals surface area contributed by atoms with Gasteiger partial charge in [0.2, 0.25) is 0 Å². The van der Waals surface area contributed by atoms with Crippen LogP contribution in [0.25, 0.3) is 0 Å². The molecule has 0 radical (unpaired) electrons. The Balaban J connectivity index is 1.73. The lowest BCUT2D eigenvalue weighted by atomic mass is 10.1. The lowest BCUT2D eigenvalue weighted by Gasteiger charge is -2.07. The molecule has 1 saturated carbocycles. The van der Waals surface area contributed by atoms with Gasteiger partial charge in [-0.2, -0.15) is 11.3 Å². The molecule has 1 heterocycles. The van der Waals surface area contributed by atoms with Crippen molar-refractivity contribution in [2.75, 3.05) is 0 Å². The van der Waals surface area contributed by atoms with Gasteiger partial charge in [0.25, 0.3) is 0 Å². The van der Waals surface area contributed by atoms with Crippen molar-refractivity contribution < 1.29 is 5.11 Å². The third-order valence-corrected chi connectivity index (χ3v) is 3.71. The highest BCUT2D eigenvalue weighted by Crippen LogP contribution is 2.41. The molecule has 0 amide bonds. The smallest absolute Gasteiger partial charge is 0.0574 e. The highest BCUT2D eigenvalue weighted by atomic mass is 32.1. The molecular weight excluding hydrogens is 180 g/mol. The molecule has 1 fully saturated rings. The Morgan fingerprint density at radius 2 is 2.46 bits per heavy atom. The number of hydrogen-bond acceptors (Lipinski definition) is 2. The second kappa shape index (κ2) is 3.81. The average molecular weight is 196 g/mol. The zero-order chi connectivity index (χ0) is 9.26. The monoisotopic (exact) mass is 196 g/mol. The molecule has 2 heteroatoms. The normalized spacial score (nSPS) is 28.8. The zero-order valence-electron chi connectivity index (χ0n) is 7.94. The quantitative estimate of drug-likeness (QED) is 0.785. The van der Waals surface area contributed by atoms with Crippen LogP contribution in [-0.2, 0) is 6.42 Å². The number of aliphatic hydroxyl groups is 1. The third kappa shape index (κ3) is 2.32. The molecule has 1 aromatic heterocycles. The van der Waals surface area contributed by atoms with E-state index in [1.807, 2.05) is 0 Å². The van der Waals surface area contributed by atoms with Crippen LogP contribution in [-0.4, -0.2) is 11.2 Å². The number of aryl methyl sites for hydroxylation is 1. The van der Waals surface area contributed by atoms with Crippen molar-refractivity contribution in [3.05, 3.63) is 22.4 Å². The Bertz CT molecular complexity index is 255. The summed E-state index contributed by atoms with van der Waals surface area (Å²) < 4.78 is 0. The van der Waals surface area contributed by atoms with E-state index in [4.69, 9.17) is 0 Å². The van der Waals surface area contributed by atoms with Gasteiger partial charge < -0.3 is 5.11 Å². The second-order valence-electron chi connectivity index (χ2n) is 4.11. The summed E-state index contributed by atoms with van der Waals surface area (Å²) in [6.07, 6.45) is 3.14. The molecule has 0 spiro atoms. The SMILES string of the molecule is CC1CC1C(O)CCc1ccsc1. The first-order chi connectivity index (χ1) is 6.27. The molecule has 72 valence electrons. The predicted molar refractivity (Wildman–Crippen MR) is 55.9 cm³/mol. The number of thiophene rings is 1. The van der Waals surface area contributed by atoms with Crippen molar-refractivity contribution >= 4 is 11.3 Å². The predicted octanol–water partition coefficient (Wildman–Crippen LogP) is 2.70. The highest BCUT2D eigenvalue weighted by Gasteiger charge is 2.38. The van der Waals surface area contributed by atoms with Crippen molar-refractivity contribution in [2.24, 2.45) is 11.8 Å². The minimum Gasteiger partial charge on any atom is -0.393 e. The number of hydrogen-bond donors (Lipinski definition) is 1. The molecule has 3 unspecified atom stereocenters. The molecule has 1 N–H and O–H groups in total. The first kappa shape index (κ1) is 9.22. The van der Waals surface area contributed by atoms with Gasteiger partial charge in [-0.05, 0) is 53.5 Å². The van der Waals surface area contributed by atoms with E-state index in [1.165, 1.54) is 12.0 Å². The van der Waals surface area contributed by atoms with Crippen molar-refractivity contribution in [3.63, 3.8) is 0 Å². The van der Waals surface area contributed by atoms with E-state index in [0.29, 0.717) is 5.92 Å². The van der Waals surface area contributed by atoms with E-state index in [2.05, 4.69) is 23.8 Å². The molecule has 0 saturated heterocycles. The van der Waals surface area contributed by atoms with Gasteiger partial charge in [-0.25, -0.2) is 0 Å². The fraction of sp³-hybridized carbons (Fsp3) is 0.636. The summed E-state index contributed by atoms with van der Waals surface area (Å²) in [7, 11) is 0. The fourth-order valence-corrected chi connectivity index (χ4v) is 2.55. The van der Waals surface area contributed by atoms with Crippen LogP contribution < -0.4 is 0 Å². The summed E-state index contributed by atoms with van der Waals surface area (Å²) in [6, 6.07) is 2.15. The van der Waals surface area contributed by atoms with Crippen LogP contribution in [0.3, 0.4) is 0 Å². The molecular formula is C11H16OS. The van der Waals surface area contributed by atoms with Crippen molar-refractivity contribution in [3.8, 4) is 0 Å². The van der Waals surface area contributed by atoms with Crippen molar-refractivity contribution in [2.45, 2.75) is 32.3 Å². The maximum Gasteiger partial charge on any atom is 0.0574 e. The minimum atomic E-state index is -0.0603. The van der Waals surface area contributed by atoms with Gasteiger partial charge in [-0.1, -0.05) is 6.92 Å². The van der Waals surface area contributed by atoms with Gasteiger partial charge in [0.1, 0.15) is 0 Å². The molecule has 1 aliphatic carbocycles. The average Bonchev–Trinajstić information content (AvgIpc) is 2.68. The van der Waals surface area contributed by atoms with Crippen LogP contribution in [0, 0.1) is 11.8 Å². The van der Waals surface area contributed by atoms with Gasteiger partial charge >= 0.3 is 0 Å². The Morgan fingerprint density at radius 3 is 3.00 bits per heavy atom. The van der Waals surface area contributed by atoms with E-state index in [1.54, 1.807) is 11.3 Å². The number of rotatable bonds is 4. The molecule has 13 heavy (non-hydrogen) atoms. The summed E-state index contributed by atoms with van der Waals surface area (Å²) in [5.74, 6) is 1.36. The Morgan fingerprint density at radius 1 is 1.69 bits per heavy atom. The lowest BCUT2D eigenvalue weighted by Crippen LogP contribution is -2.11. The maximum atomic E-state index is 9.76. The molecule has 0 aliphatic heterocycles. The zero-order valence-corrected chi connectivity index (χ0v) is 8.76. The van der Waals surface area contributed by atoms with Crippen LogP contribution in [0.5, 0.6) is 0 Å². The summed E-state index contributed by atoms with van der Waals surface area (Å²) in [6.45, 7) is 2.22. The van der Waals surface area contributed by atoms with Crippen LogP contribution >= 0.6 is 11.3 Å². The summed E-state index contributed by atoms with van der Waals surface area (Å²) >= 11 is 1.73. The first-order valence-electron chi connectivity index (χ1n) is 4.96. The van der Waals surface area contributed by atoms with Gasteiger partial charge in [0.15, 0.2) is 0 Å². The Hall–Kier alpha value is -0.340. The standard InChI is InChI=1S/C11H16OS/c1-8-6-10(8)11(12)3-2-9-4-5-13-7-9/h4-5,7-8,10-12H,2-3,6H2,1H3. The number of aliphatic hydroxyl groups excluding tert-OH is 1. The molecule has 2 rings (SSSR count). The van der Waals surface area contributed by atoms with Gasteiger partial charge in [0.05, 0.1) is 6.10 Å². The minimum absolute atomic E-state index is 0.0603. The van der Waals surface area contributed by atoms with Crippen LogP contribution in [0.4, 0.5) is 0 Å². The molecule has 1 nitrogen and oxygen atoms in total. The van der Waals surface area contributed by atoms with Crippen molar-refractivity contribution in [1.82, 2.24) is 0 Å². The summed E-state index contributed by atoms with van der Waals surface area (Å²) in [4.78, 5) is 0. The summed E-state index contributed by atoms with van der Waals surface area (Å²) in [5, 5.41) is 14.0. The highest BCUT2D eigenvalue weighted by molar-refractivity contribution is 7.07. The second-order valence-corrected chi connectivity index (χ2v) is 4.89. The molecule has 1 aliphatic rings. The fourth-order valence-electron chi connectivity index (χ4n) is 1.85. The van der Waals surface area contributed by atoms with E-state index < -0.39 is 0 Å². The van der Waals surface area contributed by atoms with Gasteiger partial charge in [0, 0.05) is 0 Å². The van der Waals surface area contributed by atoms with Gasteiger partial charge in [-0.15, -0.1) is 0 Å². The van der Waals surface area contributed by atoms with E-state index in [-0.39, 0.29) is 6.10 Å². The van der Waals surface area contributed by atoms with Crippen LogP contribution in [0.2, 0.25) is 0 Å². The van der Waals surface area contributed by atoms with E-state index in [9.17, 15) is 5.11 Å². The third-order valence-electron chi connectivity index (χ3n) is 2.97. The lowest BCUT2D eigenvalue weighted by molar-refractivity contribution is 0.136. The van der Waals surface area contributed by atoms with E-state index >= 15 is 0 Å². The molecule has 1 aromatic rings. The first-order valence-corrected chi connectivity index (χ1v) is 5.91. The Kier molecular flexibility index (Phi) is 2.70. The van der Waals surface area contributed by atoms with E-state index in [0.717, 1.165) is 18.8 Å². The largest absolute Gasteiger partial charge is 0.393 e. The summed E-state index contributed by atoms with van der Waals surface area (Å²) in [5.41, 5.74) is 1.37. The topological polar surface area (TPSA) is 20.2 Å². The van der Waals surface area contributed by atoms with Crippen LogP contribution in [0.15, 0.2) is 16.8 Å². The molecule has 0 bridgehead atoms. The maximum absolute atomic E-state index is 9.76. The molecule has 0 aromatic carbocycles. The van der Waals surface area contributed by atoms with Crippen LogP contribution in [0.1, 0.15) is 25.3 Å². The Labute approximate surface area is 83.4 Å².